The van der Waals surface area contributed by atoms with E-state index in [4.69, 9.17) is 9.47 Å². The Morgan fingerprint density at radius 3 is 2.72 bits per heavy atom. The average molecular weight is 508 g/mol. The van der Waals surface area contributed by atoms with Gasteiger partial charge in [-0.3, -0.25) is 9.48 Å². The van der Waals surface area contributed by atoms with E-state index < -0.39 is 29.8 Å². The molecule has 196 valence electrons. The number of aromatic nitrogens is 4. The first-order chi connectivity index (χ1) is 17.0. The number of aliphatic carboxylic acids is 1. The van der Waals surface area contributed by atoms with Crippen LogP contribution < -0.4 is 4.74 Å². The van der Waals surface area contributed by atoms with Crippen LogP contribution in [0.25, 0.3) is 11.4 Å². The van der Waals surface area contributed by atoms with Gasteiger partial charge in [0.1, 0.15) is 6.61 Å². The Morgan fingerprint density at radius 1 is 1.31 bits per heavy atom. The van der Waals surface area contributed by atoms with E-state index >= 15 is 0 Å². The molecule has 0 aromatic carbocycles. The first-order valence-corrected chi connectivity index (χ1v) is 12.0. The van der Waals surface area contributed by atoms with E-state index in [2.05, 4.69) is 15.1 Å². The molecule has 2 aliphatic carbocycles. The summed E-state index contributed by atoms with van der Waals surface area (Å²) in [5.41, 5.74) is 1.76. The minimum atomic E-state index is -2.61. The summed E-state index contributed by atoms with van der Waals surface area (Å²) in [6, 6.07) is 0. The third kappa shape index (κ3) is 5.90. The molecule has 36 heavy (non-hydrogen) atoms. The van der Waals surface area contributed by atoms with Gasteiger partial charge in [0.05, 0.1) is 41.4 Å². The Labute approximate surface area is 207 Å². The van der Waals surface area contributed by atoms with Crippen LogP contribution in [0.3, 0.4) is 0 Å². The maximum Gasteiger partial charge on any atom is 0.409 e. The number of rotatable bonds is 9. The van der Waals surface area contributed by atoms with E-state index in [9.17, 15) is 23.5 Å². The number of ether oxygens (including phenoxy) is 2. The summed E-state index contributed by atoms with van der Waals surface area (Å²) in [5, 5.41) is 13.5. The second kappa shape index (κ2) is 10.4. The molecule has 1 unspecified atom stereocenters. The van der Waals surface area contributed by atoms with Crippen molar-refractivity contribution < 1.29 is 33.0 Å². The predicted octanol–water partition coefficient (Wildman–Crippen LogP) is 3.82. The van der Waals surface area contributed by atoms with Crippen molar-refractivity contribution in [3.8, 4) is 17.1 Å². The smallest absolute Gasteiger partial charge is 0.409 e. The molecule has 2 saturated carbocycles. The van der Waals surface area contributed by atoms with Crippen molar-refractivity contribution in [2.45, 2.75) is 64.1 Å². The van der Waals surface area contributed by atoms with Gasteiger partial charge in [-0.2, -0.15) is 5.10 Å². The van der Waals surface area contributed by atoms with E-state index in [1.54, 1.807) is 31.0 Å². The van der Waals surface area contributed by atoms with E-state index in [0.29, 0.717) is 41.4 Å². The first-order valence-electron chi connectivity index (χ1n) is 12.0. The van der Waals surface area contributed by atoms with E-state index in [-0.39, 0.29) is 32.1 Å². The molecule has 1 amide bonds. The topological polar surface area (TPSA) is 120 Å². The molecule has 0 bridgehead atoms. The van der Waals surface area contributed by atoms with Gasteiger partial charge in [-0.15, -0.1) is 0 Å². The Kier molecular flexibility index (Phi) is 7.41. The van der Waals surface area contributed by atoms with Crippen LogP contribution in [0.2, 0.25) is 0 Å². The summed E-state index contributed by atoms with van der Waals surface area (Å²) in [4.78, 5) is 33.9. The number of hydrogen-bond acceptors (Lipinski definition) is 7. The van der Waals surface area contributed by atoms with Crippen molar-refractivity contribution in [3.63, 3.8) is 0 Å². The maximum atomic E-state index is 13.1. The van der Waals surface area contributed by atoms with Gasteiger partial charge in [0, 0.05) is 33.0 Å². The zero-order valence-electron chi connectivity index (χ0n) is 20.6. The molecule has 0 spiro atoms. The molecular weight excluding hydrogens is 476 g/mol. The van der Waals surface area contributed by atoms with Gasteiger partial charge in [-0.05, 0) is 39.0 Å². The fraction of sp³-hybridized carbons (Fsp3) is 0.625. The molecule has 10 nitrogen and oxygen atoms in total. The molecule has 2 aromatic heterocycles. The summed E-state index contributed by atoms with van der Waals surface area (Å²) < 4.78 is 39.1. The summed E-state index contributed by atoms with van der Waals surface area (Å²) >= 11 is 0. The maximum absolute atomic E-state index is 13.1. The van der Waals surface area contributed by atoms with Crippen LogP contribution in [0.15, 0.2) is 12.4 Å². The Hall–Kier alpha value is -3.31. The van der Waals surface area contributed by atoms with E-state index in [1.165, 1.54) is 11.9 Å². The van der Waals surface area contributed by atoms with Gasteiger partial charge in [0.15, 0.2) is 11.6 Å². The van der Waals surface area contributed by atoms with Gasteiger partial charge < -0.3 is 19.5 Å². The molecule has 2 aromatic rings. The van der Waals surface area contributed by atoms with Crippen molar-refractivity contribution in [2.24, 2.45) is 18.9 Å². The predicted molar refractivity (Wildman–Crippen MR) is 123 cm³/mol. The molecule has 12 heteroatoms. The highest BCUT2D eigenvalue weighted by Gasteiger charge is 2.56. The Morgan fingerprint density at radius 2 is 2.06 bits per heavy atom. The average Bonchev–Trinajstić information content (AvgIpc) is 3.29. The molecule has 2 heterocycles. The number of amides is 1. The van der Waals surface area contributed by atoms with Crippen LogP contribution in [0.4, 0.5) is 13.6 Å². The largest absolute Gasteiger partial charge is 0.487 e. The van der Waals surface area contributed by atoms with Gasteiger partial charge in [0.25, 0.3) is 5.92 Å². The van der Waals surface area contributed by atoms with Crippen LogP contribution in [0.1, 0.15) is 49.9 Å². The third-order valence-corrected chi connectivity index (χ3v) is 6.92. The Bertz CT molecular complexity index is 1120. The number of halogens is 2. The molecule has 0 radical (unpaired) electrons. The fourth-order valence-electron chi connectivity index (χ4n) is 4.44. The zero-order valence-corrected chi connectivity index (χ0v) is 20.6. The number of hydrogen-bond donors (Lipinski definition) is 1. The first kappa shape index (κ1) is 25.8. The summed E-state index contributed by atoms with van der Waals surface area (Å²) in [5.74, 6) is -3.60. The van der Waals surface area contributed by atoms with Crippen LogP contribution in [0, 0.1) is 18.8 Å². The zero-order chi connectivity index (χ0) is 26.0. The lowest BCUT2D eigenvalue weighted by Gasteiger charge is -2.27. The molecule has 1 N–H and O–H groups in total. The quantitative estimate of drug-likeness (QED) is 0.544. The van der Waals surface area contributed by atoms with E-state index in [1.807, 2.05) is 0 Å². The number of aryl methyl sites for hydroxylation is 2. The molecule has 3 atom stereocenters. The van der Waals surface area contributed by atoms with Crippen molar-refractivity contribution in [3.05, 3.63) is 23.8 Å². The molecular formula is C24H31F2N5O5. The lowest BCUT2D eigenvalue weighted by Crippen LogP contribution is -2.29. The summed E-state index contributed by atoms with van der Waals surface area (Å²) in [7, 11) is 3.22. The highest BCUT2D eigenvalue weighted by molar-refractivity contribution is 5.70. The summed E-state index contributed by atoms with van der Waals surface area (Å²) in [6.45, 7) is 1.88. The Balaban J connectivity index is 1.37. The molecule has 0 saturated heterocycles. The lowest BCUT2D eigenvalue weighted by atomic mass is 9.87. The van der Waals surface area contributed by atoms with Crippen molar-refractivity contribution in [2.75, 3.05) is 13.6 Å². The second-order valence-corrected chi connectivity index (χ2v) is 9.64. The van der Waals surface area contributed by atoms with Gasteiger partial charge >= 0.3 is 12.1 Å². The highest BCUT2D eigenvalue weighted by atomic mass is 19.3. The van der Waals surface area contributed by atoms with Crippen molar-refractivity contribution >= 4 is 12.1 Å². The van der Waals surface area contributed by atoms with Crippen LogP contribution in [0.5, 0.6) is 5.75 Å². The number of carboxylic acid groups (broad SMARTS) is 1. The minimum absolute atomic E-state index is 0.0894. The third-order valence-electron chi connectivity index (χ3n) is 6.92. The van der Waals surface area contributed by atoms with Crippen LogP contribution in [-0.4, -0.2) is 67.4 Å². The fourth-order valence-corrected chi connectivity index (χ4v) is 4.44. The summed E-state index contributed by atoms with van der Waals surface area (Å²) in [6.07, 6.45) is 5.11. The number of carboxylic acids is 1. The van der Waals surface area contributed by atoms with Crippen molar-refractivity contribution in [1.82, 2.24) is 24.6 Å². The molecule has 0 aliphatic heterocycles. The van der Waals surface area contributed by atoms with Crippen LogP contribution >= 0.6 is 0 Å². The van der Waals surface area contributed by atoms with Gasteiger partial charge in [-0.1, -0.05) is 0 Å². The standard InChI is InChI=1S/C24H31F2N5O5/c1-14-20(36-17-6-4-5-15(9-17)22(32)33)12-27-21(29-14)18-11-28-31(3)19(18)13-35-23(34)30(2)8-7-16-10-24(16,25)26/h11-12,15-17H,4-10,13H2,1-3H3,(H,32,33)/t15-,16?,17-/m0/s1. The number of nitrogens with zero attached hydrogens (tertiary/aromatic N) is 5. The minimum Gasteiger partial charge on any atom is -0.487 e. The molecule has 2 aliphatic rings. The number of carbonyl (C=O) groups excluding carboxylic acids is 1. The lowest BCUT2D eigenvalue weighted by molar-refractivity contribution is -0.143. The van der Waals surface area contributed by atoms with Gasteiger partial charge in [-0.25, -0.2) is 23.5 Å². The molecule has 2 fully saturated rings. The van der Waals surface area contributed by atoms with Crippen LogP contribution in [-0.2, 0) is 23.2 Å². The van der Waals surface area contributed by atoms with Gasteiger partial charge in [0.2, 0.25) is 0 Å². The van der Waals surface area contributed by atoms with E-state index in [0.717, 1.165) is 12.8 Å². The second-order valence-electron chi connectivity index (χ2n) is 9.64. The monoisotopic (exact) mass is 507 g/mol. The number of carbonyl (C=O) groups is 2. The number of alkyl halides is 2. The SMILES string of the molecule is Cc1nc(-c2cnn(C)c2COC(=O)N(C)CCC2CC2(F)F)ncc1O[C@H]1CCC[C@H](C(=O)O)C1. The normalized spacial score (nSPS) is 22.6. The highest BCUT2D eigenvalue weighted by Crippen LogP contribution is 2.50. The molecule has 4 rings (SSSR count). The van der Waals surface area contributed by atoms with Crippen molar-refractivity contribution in [1.29, 1.82) is 0 Å².